The van der Waals surface area contributed by atoms with Gasteiger partial charge in [0.1, 0.15) is 22.9 Å². The lowest BCUT2D eigenvalue weighted by Crippen LogP contribution is -2.44. The molecule has 8 nitrogen and oxygen atoms in total. The van der Waals surface area contributed by atoms with Crippen LogP contribution < -0.4 is 0 Å². The second-order valence-electron chi connectivity index (χ2n) is 10.2. The van der Waals surface area contributed by atoms with E-state index in [9.17, 15) is 19.4 Å². The van der Waals surface area contributed by atoms with E-state index in [2.05, 4.69) is 15.0 Å². The van der Waals surface area contributed by atoms with E-state index in [0.717, 1.165) is 42.8 Å². The summed E-state index contributed by atoms with van der Waals surface area (Å²) in [5.41, 5.74) is 3.12. The minimum Gasteiger partial charge on any atom is -0.507 e. The van der Waals surface area contributed by atoms with Gasteiger partial charge in [-0.1, -0.05) is 18.2 Å². The SMILES string of the molecule is O=C(O)[C@@H]1C2CCC(CC2)[C@H]1n1cc(-c2ccccc2O)c2cnc(-c3c[nH]c4ncc(F)cc34)nc21. The zero-order chi connectivity index (χ0) is 25.3. The number of halogens is 1. The van der Waals surface area contributed by atoms with Gasteiger partial charge in [0.25, 0.3) is 0 Å². The number of aromatic hydroxyl groups is 1. The molecular weight excluding hydrogens is 473 g/mol. The molecule has 3 aliphatic carbocycles. The minimum absolute atomic E-state index is 0.127. The highest BCUT2D eigenvalue weighted by Gasteiger charge is 2.48. The van der Waals surface area contributed by atoms with E-state index < -0.39 is 17.7 Å². The van der Waals surface area contributed by atoms with Crippen molar-refractivity contribution in [2.45, 2.75) is 31.7 Å². The summed E-state index contributed by atoms with van der Waals surface area (Å²) in [6.07, 6.45) is 10.3. The number of phenolic OH excluding ortho intramolecular Hbond substituents is 1. The number of benzene rings is 1. The molecule has 9 heteroatoms. The Labute approximate surface area is 210 Å². The summed E-state index contributed by atoms with van der Waals surface area (Å²) in [7, 11) is 0. The van der Waals surface area contributed by atoms with E-state index in [1.165, 1.54) is 6.07 Å². The maximum atomic E-state index is 14.0. The van der Waals surface area contributed by atoms with Gasteiger partial charge in [0.05, 0.1) is 18.2 Å². The number of aromatic nitrogens is 5. The van der Waals surface area contributed by atoms with Crippen molar-refractivity contribution in [1.82, 2.24) is 24.5 Å². The minimum atomic E-state index is -0.780. The van der Waals surface area contributed by atoms with Crippen LogP contribution in [0.1, 0.15) is 31.7 Å². The molecular formula is C28H24FN5O3. The first-order valence-corrected chi connectivity index (χ1v) is 12.5. The lowest BCUT2D eigenvalue weighted by Gasteiger charge is -2.47. The van der Waals surface area contributed by atoms with Crippen molar-refractivity contribution < 1.29 is 19.4 Å². The molecule has 1 aromatic carbocycles. The van der Waals surface area contributed by atoms with Gasteiger partial charge in [-0.25, -0.2) is 19.3 Å². The van der Waals surface area contributed by atoms with Crippen LogP contribution >= 0.6 is 0 Å². The maximum absolute atomic E-state index is 14.0. The predicted molar refractivity (Wildman–Crippen MR) is 135 cm³/mol. The molecule has 0 radical (unpaired) electrons. The summed E-state index contributed by atoms with van der Waals surface area (Å²) in [6.45, 7) is 0. The Morgan fingerprint density at radius 2 is 1.78 bits per heavy atom. The fraction of sp³-hybridized carbons (Fsp3) is 0.286. The Morgan fingerprint density at radius 3 is 2.57 bits per heavy atom. The first kappa shape index (κ1) is 22.0. The number of aromatic amines is 1. The molecule has 3 N–H and O–H groups in total. The van der Waals surface area contributed by atoms with E-state index in [1.807, 2.05) is 22.9 Å². The molecule has 0 aliphatic heterocycles. The highest BCUT2D eigenvalue weighted by atomic mass is 19.1. The molecule has 2 atom stereocenters. The van der Waals surface area contributed by atoms with E-state index in [-0.39, 0.29) is 23.6 Å². The van der Waals surface area contributed by atoms with Gasteiger partial charge in [-0.3, -0.25) is 4.79 Å². The zero-order valence-corrected chi connectivity index (χ0v) is 19.8. The first-order chi connectivity index (χ1) is 18.0. The van der Waals surface area contributed by atoms with Gasteiger partial charge >= 0.3 is 5.97 Å². The number of rotatable bonds is 4. The van der Waals surface area contributed by atoms with Crippen molar-refractivity contribution >= 4 is 28.0 Å². The number of hydrogen-bond donors (Lipinski definition) is 3. The Bertz CT molecular complexity index is 1680. The third-order valence-electron chi connectivity index (χ3n) is 8.29. The highest BCUT2D eigenvalue weighted by Crippen LogP contribution is 2.53. The molecule has 3 saturated carbocycles. The molecule has 0 unspecified atom stereocenters. The molecule has 4 aromatic heterocycles. The van der Waals surface area contributed by atoms with Crippen LogP contribution in [0.4, 0.5) is 4.39 Å². The molecule has 0 spiro atoms. The summed E-state index contributed by atoms with van der Waals surface area (Å²) >= 11 is 0. The fourth-order valence-electron chi connectivity index (χ4n) is 6.63. The average Bonchev–Trinajstić information content (AvgIpc) is 3.50. The number of fused-ring (bicyclic) bond motifs is 5. The third kappa shape index (κ3) is 3.33. The van der Waals surface area contributed by atoms with Crippen molar-refractivity contribution in [3.05, 3.63) is 60.9 Å². The molecule has 3 aliphatic rings. The van der Waals surface area contributed by atoms with Gasteiger partial charge in [-0.2, -0.15) is 0 Å². The summed E-state index contributed by atoms with van der Waals surface area (Å²) in [5, 5.41) is 22.2. The van der Waals surface area contributed by atoms with Crippen molar-refractivity contribution in [3.8, 4) is 28.3 Å². The largest absolute Gasteiger partial charge is 0.507 e. The zero-order valence-electron chi connectivity index (χ0n) is 19.8. The van der Waals surface area contributed by atoms with E-state index in [4.69, 9.17) is 4.98 Å². The van der Waals surface area contributed by atoms with Crippen molar-refractivity contribution in [2.75, 3.05) is 0 Å². The van der Waals surface area contributed by atoms with Crippen LogP contribution in [-0.4, -0.2) is 40.7 Å². The smallest absolute Gasteiger partial charge is 0.308 e. The van der Waals surface area contributed by atoms with Crippen molar-refractivity contribution in [2.24, 2.45) is 17.8 Å². The lowest BCUT2D eigenvalue weighted by atomic mass is 9.61. The standard InChI is InChI=1S/C28H24FN5O3/c29-16-9-18-19(11-31-25(18)30-10-16)26-32-12-20-21(17-3-1-2-4-22(17)35)13-34(27(20)33-26)24-15-7-5-14(6-8-15)23(24)28(36)37/h1-4,9-15,23-24,35H,5-8H2,(H,30,31)(H,36,37)/t14?,15?,23-,24-/m1/s1. The Morgan fingerprint density at radius 1 is 1.00 bits per heavy atom. The number of phenols is 1. The normalized spacial score (nSPS) is 23.2. The molecule has 0 saturated heterocycles. The highest BCUT2D eigenvalue weighted by molar-refractivity contribution is 5.97. The third-order valence-corrected chi connectivity index (χ3v) is 8.29. The fourth-order valence-corrected chi connectivity index (χ4v) is 6.63. The molecule has 186 valence electrons. The molecule has 2 bridgehead atoms. The van der Waals surface area contributed by atoms with Crippen LogP contribution in [0.15, 0.2) is 55.1 Å². The number of pyridine rings is 1. The van der Waals surface area contributed by atoms with E-state index in [1.54, 1.807) is 24.5 Å². The molecule has 0 amide bonds. The number of nitrogens with zero attached hydrogens (tertiary/aromatic N) is 4. The summed E-state index contributed by atoms with van der Waals surface area (Å²) in [5.74, 6) is -0.873. The number of H-pyrrole nitrogens is 1. The monoisotopic (exact) mass is 497 g/mol. The number of nitrogens with one attached hydrogen (secondary N) is 1. The van der Waals surface area contributed by atoms with Gasteiger partial charge < -0.3 is 19.8 Å². The number of aliphatic carboxylic acids is 1. The Hall–Kier alpha value is -4.27. The summed E-state index contributed by atoms with van der Waals surface area (Å²) in [4.78, 5) is 29.2. The Balaban J connectivity index is 1.48. The van der Waals surface area contributed by atoms with E-state index in [0.29, 0.717) is 33.6 Å². The second kappa shape index (κ2) is 8.12. The van der Waals surface area contributed by atoms with Crippen LogP contribution in [0.5, 0.6) is 5.75 Å². The van der Waals surface area contributed by atoms with Crippen LogP contribution in [0.2, 0.25) is 0 Å². The average molecular weight is 498 g/mol. The van der Waals surface area contributed by atoms with Gasteiger partial charge in [0.15, 0.2) is 5.82 Å². The molecule has 3 fully saturated rings. The summed E-state index contributed by atoms with van der Waals surface area (Å²) < 4.78 is 16.0. The number of carboxylic acids is 1. The second-order valence-corrected chi connectivity index (χ2v) is 10.2. The van der Waals surface area contributed by atoms with Gasteiger partial charge in [-0.15, -0.1) is 0 Å². The van der Waals surface area contributed by atoms with Gasteiger partial charge in [0.2, 0.25) is 0 Å². The van der Waals surface area contributed by atoms with Crippen LogP contribution in [0.25, 0.3) is 44.6 Å². The topological polar surface area (TPSA) is 117 Å². The quantitative estimate of drug-likeness (QED) is 0.300. The van der Waals surface area contributed by atoms with Crippen LogP contribution in [0, 0.1) is 23.6 Å². The van der Waals surface area contributed by atoms with Crippen LogP contribution in [-0.2, 0) is 4.79 Å². The molecule has 37 heavy (non-hydrogen) atoms. The molecule has 8 rings (SSSR count). The van der Waals surface area contributed by atoms with E-state index >= 15 is 0 Å². The number of carboxylic acid groups (broad SMARTS) is 1. The Kier molecular flexibility index (Phi) is 4.82. The van der Waals surface area contributed by atoms with Gasteiger partial charge in [0, 0.05) is 46.1 Å². The summed E-state index contributed by atoms with van der Waals surface area (Å²) in [6, 6.07) is 8.22. The van der Waals surface area contributed by atoms with Gasteiger partial charge in [-0.05, 0) is 49.7 Å². The molecule has 4 heterocycles. The number of para-hydroxylation sites is 1. The van der Waals surface area contributed by atoms with Crippen molar-refractivity contribution in [3.63, 3.8) is 0 Å². The number of hydrogen-bond acceptors (Lipinski definition) is 5. The first-order valence-electron chi connectivity index (χ1n) is 12.5. The lowest BCUT2D eigenvalue weighted by molar-refractivity contribution is -0.151. The maximum Gasteiger partial charge on any atom is 0.308 e. The molecule has 5 aromatic rings. The predicted octanol–water partition coefficient (Wildman–Crippen LogP) is 5.55. The number of carbonyl (C=O) groups is 1. The van der Waals surface area contributed by atoms with Crippen molar-refractivity contribution in [1.29, 1.82) is 0 Å². The van der Waals surface area contributed by atoms with Crippen LogP contribution in [0.3, 0.4) is 0 Å².